The normalized spacial score (nSPS) is 21.3. The fourth-order valence-corrected chi connectivity index (χ4v) is 5.93. The van der Waals surface area contributed by atoms with Crippen molar-refractivity contribution in [2.24, 2.45) is 16.3 Å². The lowest BCUT2D eigenvalue weighted by molar-refractivity contribution is -0.140. The Balaban J connectivity index is 1.50. The lowest BCUT2D eigenvalue weighted by atomic mass is 9.73. The molecule has 2 aliphatic heterocycles. The Morgan fingerprint density at radius 2 is 1.82 bits per heavy atom. The van der Waals surface area contributed by atoms with Crippen molar-refractivity contribution in [3.63, 3.8) is 0 Å². The highest BCUT2D eigenvalue weighted by molar-refractivity contribution is 7.90. The first kappa shape index (κ1) is 24.1. The van der Waals surface area contributed by atoms with Crippen molar-refractivity contribution in [3.8, 4) is 0 Å². The lowest BCUT2D eigenvalue weighted by Crippen LogP contribution is -2.58. The Morgan fingerprint density at radius 3 is 2.53 bits per heavy atom. The maximum absolute atomic E-state index is 13.3. The third-order valence-electron chi connectivity index (χ3n) is 6.68. The number of nitrogens with two attached hydrogens (primary N) is 1. The van der Waals surface area contributed by atoms with Crippen LogP contribution in [0.4, 0.5) is 0 Å². The highest BCUT2D eigenvalue weighted by Gasteiger charge is 2.53. The second kappa shape index (κ2) is 9.31. The van der Waals surface area contributed by atoms with E-state index in [1.165, 1.54) is 11.3 Å². The summed E-state index contributed by atoms with van der Waals surface area (Å²) in [6.07, 6.45) is 2.83. The number of nitrogens with zero attached hydrogens (tertiary/aromatic N) is 3. The number of carbonyl (C=O) groups is 2. The Hall–Kier alpha value is -3.04. The molecule has 4 rings (SSSR count). The first-order valence-corrected chi connectivity index (χ1v) is 13.2. The number of hydrogen-bond donors (Lipinski definition) is 1. The maximum Gasteiger partial charge on any atom is 0.256 e. The molecule has 2 atom stereocenters. The summed E-state index contributed by atoms with van der Waals surface area (Å²) in [6.45, 7) is 0.680. The molecular weight excluding hydrogens is 452 g/mol. The van der Waals surface area contributed by atoms with Gasteiger partial charge in [-0.05, 0) is 36.5 Å². The van der Waals surface area contributed by atoms with Gasteiger partial charge in [-0.2, -0.15) is 5.10 Å². The van der Waals surface area contributed by atoms with Gasteiger partial charge in [0.05, 0.1) is 16.6 Å². The zero-order valence-electron chi connectivity index (χ0n) is 19.5. The van der Waals surface area contributed by atoms with Crippen LogP contribution in [0.5, 0.6) is 0 Å². The second-order valence-corrected chi connectivity index (χ2v) is 11.1. The van der Waals surface area contributed by atoms with Crippen LogP contribution in [-0.2, 0) is 32.3 Å². The number of carbonyl (C=O) groups excluding carboxylic acids is 2. The average Bonchev–Trinajstić information content (AvgIpc) is 3.06. The van der Waals surface area contributed by atoms with Crippen molar-refractivity contribution in [3.05, 3.63) is 65.7 Å². The van der Waals surface area contributed by atoms with E-state index in [0.717, 1.165) is 11.3 Å². The Labute approximate surface area is 200 Å². The van der Waals surface area contributed by atoms with E-state index in [2.05, 4.69) is 5.10 Å². The number of fused-ring (bicyclic) bond motifs is 1. The summed E-state index contributed by atoms with van der Waals surface area (Å²) in [5, 5.41) is 5.86. The largest absolute Gasteiger partial charge is 0.339 e. The molecule has 0 bridgehead atoms. The van der Waals surface area contributed by atoms with E-state index in [0.29, 0.717) is 37.8 Å². The predicted octanol–water partition coefficient (Wildman–Crippen LogP) is 1.64. The van der Waals surface area contributed by atoms with E-state index in [1.807, 2.05) is 30.3 Å². The monoisotopic (exact) mass is 482 g/mol. The van der Waals surface area contributed by atoms with Gasteiger partial charge in [0.1, 0.15) is 5.41 Å². The molecule has 2 amide bonds. The molecular formula is C25H30N4O4S. The van der Waals surface area contributed by atoms with Crippen LogP contribution in [0.1, 0.15) is 24.0 Å². The highest BCUT2D eigenvalue weighted by Crippen LogP contribution is 2.38. The first-order chi connectivity index (χ1) is 16.1. The quantitative estimate of drug-likeness (QED) is 0.645. The molecule has 0 saturated carbocycles. The van der Waals surface area contributed by atoms with Crippen molar-refractivity contribution in [2.75, 3.05) is 26.4 Å². The van der Waals surface area contributed by atoms with Crippen LogP contribution in [0.2, 0.25) is 0 Å². The summed E-state index contributed by atoms with van der Waals surface area (Å²) < 4.78 is 24.1. The molecule has 0 aliphatic carbocycles. The van der Waals surface area contributed by atoms with Gasteiger partial charge in [0, 0.05) is 32.8 Å². The average molecular weight is 483 g/mol. The van der Waals surface area contributed by atoms with Crippen LogP contribution in [0.25, 0.3) is 0 Å². The van der Waals surface area contributed by atoms with E-state index in [9.17, 15) is 18.0 Å². The number of aryl methyl sites for hydroxylation is 1. The molecule has 1 unspecified atom stereocenters. The van der Waals surface area contributed by atoms with Crippen LogP contribution in [0.3, 0.4) is 0 Å². The third kappa shape index (κ3) is 4.63. The standard InChI is InChI=1S/C25H30N4O4S/c1-28-24(31)25(16-18-8-4-3-5-9-18)17-29(15-14-22(25)27-28)23(30)20(26)13-12-19-10-6-7-11-21(19)34(2,32)33/h3-11,20H,12-17,26H2,1-2H3/t20?,25-/m1/s1. The van der Waals surface area contributed by atoms with Gasteiger partial charge in [-0.15, -0.1) is 0 Å². The van der Waals surface area contributed by atoms with Gasteiger partial charge in [-0.1, -0.05) is 48.5 Å². The molecule has 2 aromatic rings. The third-order valence-corrected chi connectivity index (χ3v) is 7.88. The fourth-order valence-electron chi connectivity index (χ4n) is 4.96. The van der Waals surface area contributed by atoms with E-state index in [1.54, 1.807) is 36.2 Å². The van der Waals surface area contributed by atoms with Gasteiger partial charge >= 0.3 is 0 Å². The van der Waals surface area contributed by atoms with Gasteiger partial charge in [0.25, 0.3) is 5.91 Å². The molecule has 2 heterocycles. The number of sulfone groups is 1. The molecule has 9 heteroatoms. The van der Waals surface area contributed by atoms with Crippen LogP contribution in [-0.4, -0.2) is 68.3 Å². The summed E-state index contributed by atoms with van der Waals surface area (Å²) in [4.78, 5) is 28.5. The second-order valence-electron chi connectivity index (χ2n) is 9.15. The summed E-state index contributed by atoms with van der Waals surface area (Å²) in [5.74, 6) is -0.342. The topological polar surface area (TPSA) is 113 Å². The zero-order valence-corrected chi connectivity index (χ0v) is 20.3. The van der Waals surface area contributed by atoms with Crippen LogP contribution in [0.15, 0.2) is 64.6 Å². The van der Waals surface area contributed by atoms with E-state index >= 15 is 0 Å². The van der Waals surface area contributed by atoms with Crippen molar-refractivity contribution < 1.29 is 18.0 Å². The highest BCUT2D eigenvalue weighted by atomic mass is 32.2. The number of rotatable bonds is 7. The number of likely N-dealkylation sites (tertiary alicyclic amines) is 1. The molecule has 34 heavy (non-hydrogen) atoms. The van der Waals surface area contributed by atoms with E-state index in [-0.39, 0.29) is 23.3 Å². The SMILES string of the molecule is CN1N=C2CCN(C(=O)C(N)CCc3ccccc3S(C)(=O)=O)C[C@@]2(Cc2ccccc2)C1=O. The van der Waals surface area contributed by atoms with Crippen molar-refractivity contribution in [2.45, 2.75) is 36.6 Å². The summed E-state index contributed by atoms with van der Waals surface area (Å²) in [5.41, 5.74) is 7.87. The van der Waals surface area contributed by atoms with Gasteiger partial charge in [0.2, 0.25) is 5.91 Å². The molecule has 2 N–H and O–H groups in total. The minimum atomic E-state index is -3.37. The van der Waals surface area contributed by atoms with Gasteiger partial charge < -0.3 is 10.6 Å². The molecule has 0 aromatic heterocycles. The van der Waals surface area contributed by atoms with Crippen molar-refractivity contribution in [1.82, 2.24) is 9.91 Å². The summed E-state index contributed by atoms with van der Waals surface area (Å²) >= 11 is 0. The Morgan fingerprint density at radius 1 is 1.15 bits per heavy atom. The number of piperidine rings is 1. The van der Waals surface area contributed by atoms with Crippen LogP contribution >= 0.6 is 0 Å². The fraction of sp³-hybridized carbons (Fsp3) is 0.400. The number of benzene rings is 2. The predicted molar refractivity (Wildman–Crippen MR) is 130 cm³/mol. The summed E-state index contributed by atoms with van der Waals surface area (Å²) in [7, 11) is -1.72. The molecule has 1 fully saturated rings. The summed E-state index contributed by atoms with van der Waals surface area (Å²) in [6, 6.07) is 15.7. The number of hydrazone groups is 1. The van der Waals surface area contributed by atoms with Gasteiger partial charge in [0.15, 0.2) is 9.84 Å². The van der Waals surface area contributed by atoms with Gasteiger partial charge in [-0.3, -0.25) is 9.59 Å². The smallest absolute Gasteiger partial charge is 0.256 e. The van der Waals surface area contributed by atoms with Crippen molar-refractivity contribution >= 4 is 27.4 Å². The van der Waals surface area contributed by atoms with E-state index in [4.69, 9.17) is 5.73 Å². The number of amides is 2. The lowest BCUT2D eigenvalue weighted by Gasteiger charge is -2.40. The van der Waals surface area contributed by atoms with Crippen molar-refractivity contribution in [1.29, 1.82) is 0 Å². The molecule has 2 aliphatic rings. The molecule has 0 spiro atoms. The maximum atomic E-state index is 13.3. The number of hydrogen-bond acceptors (Lipinski definition) is 6. The van der Waals surface area contributed by atoms with E-state index < -0.39 is 21.3 Å². The minimum Gasteiger partial charge on any atom is -0.339 e. The van der Waals surface area contributed by atoms with Gasteiger partial charge in [-0.25, -0.2) is 13.4 Å². The minimum absolute atomic E-state index is 0.112. The van der Waals surface area contributed by atoms with Crippen LogP contribution in [0, 0.1) is 5.41 Å². The Bertz CT molecular complexity index is 1230. The molecule has 8 nitrogen and oxygen atoms in total. The molecule has 0 radical (unpaired) electrons. The Kier molecular flexibility index (Phi) is 6.60. The zero-order chi connectivity index (χ0) is 24.5. The molecule has 1 saturated heterocycles. The first-order valence-electron chi connectivity index (χ1n) is 11.3. The van der Waals surface area contributed by atoms with Crippen LogP contribution < -0.4 is 5.73 Å². The molecule has 180 valence electrons. The molecule has 2 aromatic carbocycles.